The van der Waals surface area contributed by atoms with Gasteiger partial charge in [0.2, 0.25) is 0 Å². The van der Waals surface area contributed by atoms with Gasteiger partial charge in [-0.2, -0.15) is 5.10 Å². The first-order valence-electron chi connectivity index (χ1n) is 7.60. The fourth-order valence-electron chi connectivity index (χ4n) is 2.79. The van der Waals surface area contributed by atoms with Crippen LogP contribution in [0.4, 0.5) is 0 Å². The summed E-state index contributed by atoms with van der Waals surface area (Å²) < 4.78 is 11.7. The summed E-state index contributed by atoms with van der Waals surface area (Å²) in [7, 11) is 0. The normalized spacial score (nSPS) is 16.4. The number of fused-ring (bicyclic) bond motifs is 2. The van der Waals surface area contributed by atoms with Gasteiger partial charge in [0, 0.05) is 23.5 Å². The van der Waals surface area contributed by atoms with Crippen LogP contribution < -0.4 is 9.47 Å². The molecule has 1 aliphatic rings. The Balaban J connectivity index is 1.50. The molecular formula is C17H13N5O2. The van der Waals surface area contributed by atoms with Gasteiger partial charge < -0.3 is 14.5 Å². The molecule has 0 saturated heterocycles. The molecule has 118 valence electrons. The molecule has 1 aliphatic heterocycles. The topological polar surface area (TPSA) is 88.7 Å². The van der Waals surface area contributed by atoms with Crippen molar-refractivity contribution in [2.75, 3.05) is 6.61 Å². The molecular weight excluding hydrogens is 306 g/mol. The first kappa shape index (κ1) is 13.1. The maximum atomic E-state index is 5.99. The van der Waals surface area contributed by atoms with Crippen molar-refractivity contribution in [3.05, 3.63) is 54.7 Å². The van der Waals surface area contributed by atoms with Crippen LogP contribution in [0.3, 0.4) is 0 Å². The number of rotatable bonds is 2. The number of aromatic nitrogens is 5. The van der Waals surface area contributed by atoms with E-state index in [-0.39, 0.29) is 6.10 Å². The molecule has 4 heterocycles. The molecule has 2 N–H and O–H groups in total. The predicted octanol–water partition coefficient (Wildman–Crippen LogP) is 2.86. The highest BCUT2D eigenvalue weighted by molar-refractivity contribution is 5.77. The van der Waals surface area contributed by atoms with Gasteiger partial charge in [0.1, 0.15) is 6.61 Å². The summed E-state index contributed by atoms with van der Waals surface area (Å²) in [5, 5.41) is 6.77. The number of nitrogens with one attached hydrogen (secondary N) is 2. The maximum Gasteiger partial charge on any atom is 0.190 e. The second-order valence-corrected chi connectivity index (χ2v) is 5.57. The lowest BCUT2D eigenvalue weighted by Crippen LogP contribution is -2.22. The largest absolute Gasteiger partial charge is 0.485 e. The van der Waals surface area contributed by atoms with E-state index in [1.165, 1.54) is 0 Å². The summed E-state index contributed by atoms with van der Waals surface area (Å²) >= 11 is 0. The molecule has 24 heavy (non-hydrogen) atoms. The zero-order valence-electron chi connectivity index (χ0n) is 12.6. The lowest BCUT2D eigenvalue weighted by molar-refractivity contribution is 0.0859. The van der Waals surface area contributed by atoms with Crippen molar-refractivity contribution in [2.24, 2.45) is 0 Å². The summed E-state index contributed by atoms with van der Waals surface area (Å²) in [6, 6.07) is 9.62. The zero-order chi connectivity index (χ0) is 15.9. The smallest absolute Gasteiger partial charge is 0.190 e. The van der Waals surface area contributed by atoms with Crippen LogP contribution >= 0.6 is 0 Å². The number of hydrogen-bond acceptors (Lipinski definition) is 5. The van der Waals surface area contributed by atoms with E-state index in [2.05, 4.69) is 25.1 Å². The molecule has 0 spiro atoms. The van der Waals surface area contributed by atoms with E-state index in [1.807, 2.05) is 36.5 Å². The van der Waals surface area contributed by atoms with Gasteiger partial charge in [-0.3, -0.25) is 5.10 Å². The second kappa shape index (κ2) is 5.09. The van der Waals surface area contributed by atoms with Crippen molar-refractivity contribution in [3.63, 3.8) is 0 Å². The first-order chi connectivity index (χ1) is 11.9. The molecule has 5 rings (SSSR count). The number of nitrogens with zero attached hydrogens (tertiary/aromatic N) is 3. The van der Waals surface area contributed by atoms with Gasteiger partial charge in [-0.05, 0) is 18.2 Å². The number of ether oxygens (including phenoxy) is 2. The minimum absolute atomic E-state index is 0.286. The van der Waals surface area contributed by atoms with Gasteiger partial charge in [0.05, 0.1) is 11.7 Å². The lowest BCUT2D eigenvalue weighted by atomic mass is 10.1. The van der Waals surface area contributed by atoms with Gasteiger partial charge in [-0.1, -0.05) is 12.1 Å². The van der Waals surface area contributed by atoms with E-state index in [4.69, 9.17) is 9.47 Å². The molecule has 7 heteroatoms. The third-order valence-electron chi connectivity index (χ3n) is 4.00. The number of H-pyrrole nitrogens is 2. The van der Waals surface area contributed by atoms with Crippen LogP contribution in [0.25, 0.3) is 22.3 Å². The van der Waals surface area contributed by atoms with Crippen LogP contribution in [0, 0.1) is 0 Å². The van der Waals surface area contributed by atoms with Crippen LogP contribution in [-0.2, 0) is 0 Å². The molecule has 0 fully saturated rings. The Bertz CT molecular complexity index is 1010. The van der Waals surface area contributed by atoms with E-state index < -0.39 is 0 Å². The predicted molar refractivity (Wildman–Crippen MR) is 86.8 cm³/mol. The van der Waals surface area contributed by atoms with Crippen molar-refractivity contribution >= 4 is 11.2 Å². The monoisotopic (exact) mass is 319 g/mol. The summed E-state index contributed by atoms with van der Waals surface area (Å²) in [4.78, 5) is 12.2. The highest BCUT2D eigenvalue weighted by Gasteiger charge is 2.25. The Morgan fingerprint density at radius 3 is 2.88 bits per heavy atom. The van der Waals surface area contributed by atoms with E-state index in [9.17, 15) is 0 Å². The number of imidazole rings is 1. The second-order valence-electron chi connectivity index (χ2n) is 5.57. The van der Waals surface area contributed by atoms with Crippen LogP contribution in [0.1, 0.15) is 11.9 Å². The average Bonchev–Trinajstić information content (AvgIpc) is 3.30. The Labute approximate surface area is 136 Å². The molecule has 3 aromatic heterocycles. The number of para-hydroxylation sites is 2. The van der Waals surface area contributed by atoms with Gasteiger partial charge in [-0.15, -0.1) is 0 Å². The number of benzene rings is 1. The third kappa shape index (κ3) is 2.10. The van der Waals surface area contributed by atoms with Crippen molar-refractivity contribution in [3.8, 4) is 22.6 Å². The Morgan fingerprint density at radius 2 is 2.00 bits per heavy atom. The van der Waals surface area contributed by atoms with Gasteiger partial charge in [0.15, 0.2) is 29.1 Å². The minimum Gasteiger partial charge on any atom is -0.485 e. The SMILES string of the molecule is c1ccc2c(c1)OCC(c1nc3ncc(-c4cn[nH]c4)cc3[nH]1)O2. The zero-order valence-corrected chi connectivity index (χ0v) is 12.6. The van der Waals surface area contributed by atoms with E-state index >= 15 is 0 Å². The average molecular weight is 319 g/mol. The van der Waals surface area contributed by atoms with Gasteiger partial charge in [0.25, 0.3) is 0 Å². The number of pyridine rings is 1. The van der Waals surface area contributed by atoms with Gasteiger partial charge >= 0.3 is 0 Å². The quantitative estimate of drug-likeness (QED) is 0.593. The molecule has 0 amide bonds. The summed E-state index contributed by atoms with van der Waals surface area (Å²) in [5.74, 6) is 2.18. The van der Waals surface area contributed by atoms with E-state index in [1.54, 1.807) is 12.4 Å². The number of hydrogen-bond donors (Lipinski definition) is 2. The van der Waals surface area contributed by atoms with Crippen LogP contribution in [-0.4, -0.2) is 31.8 Å². The Kier molecular flexibility index (Phi) is 2.78. The van der Waals surface area contributed by atoms with Crippen molar-refractivity contribution in [1.29, 1.82) is 0 Å². The van der Waals surface area contributed by atoms with E-state index in [0.717, 1.165) is 28.1 Å². The minimum atomic E-state index is -0.286. The first-order valence-corrected chi connectivity index (χ1v) is 7.60. The van der Waals surface area contributed by atoms with Crippen LogP contribution in [0.5, 0.6) is 11.5 Å². The van der Waals surface area contributed by atoms with Crippen molar-refractivity contribution in [1.82, 2.24) is 25.1 Å². The summed E-state index contributed by atoms with van der Waals surface area (Å²) in [5.41, 5.74) is 3.45. The molecule has 1 atom stereocenters. The molecule has 0 saturated carbocycles. The van der Waals surface area contributed by atoms with Crippen molar-refractivity contribution in [2.45, 2.75) is 6.10 Å². The lowest BCUT2D eigenvalue weighted by Gasteiger charge is -2.24. The molecule has 0 bridgehead atoms. The molecule has 4 aromatic rings. The fraction of sp³-hybridized carbons (Fsp3) is 0.118. The van der Waals surface area contributed by atoms with Gasteiger partial charge in [-0.25, -0.2) is 9.97 Å². The highest BCUT2D eigenvalue weighted by atomic mass is 16.6. The van der Waals surface area contributed by atoms with Crippen molar-refractivity contribution < 1.29 is 9.47 Å². The molecule has 0 aliphatic carbocycles. The standard InChI is InChI=1S/C17H13N5O2/c1-2-4-14-13(3-1)23-9-15(24-14)17-21-12-5-10(6-18-16(12)22-17)11-7-19-20-8-11/h1-8,15H,9H2,(H,19,20)(H,18,21,22). The van der Waals surface area contributed by atoms with E-state index in [0.29, 0.717) is 18.1 Å². The van der Waals surface area contributed by atoms with Crippen LogP contribution in [0.2, 0.25) is 0 Å². The summed E-state index contributed by atoms with van der Waals surface area (Å²) in [6.45, 7) is 0.408. The Hall–Kier alpha value is -3.35. The molecule has 1 unspecified atom stereocenters. The third-order valence-corrected chi connectivity index (χ3v) is 4.00. The molecule has 1 aromatic carbocycles. The molecule has 7 nitrogen and oxygen atoms in total. The van der Waals surface area contributed by atoms with Crippen LogP contribution in [0.15, 0.2) is 48.9 Å². The highest BCUT2D eigenvalue weighted by Crippen LogP contribution is 2.35. The summed E-state index contributed by atoms with van der Waals surface area (Å²) in [6.07, 6.45) is 5.08. The maximum absolute atomic E-state index is 5.99. The fourth-order valence-corrected chi connectivity index (χ4v) is 2.79. The molecule has 0 radical (unpaired) electrons. The Morgan fingerprint density at radius 1 is 1.08 bits per heavy atom. The number of aromatic amines is 2.